The molecule has 1 aliphatic heterocycles. The molecule has 8 nitrogen and oxygen atoms in total. The number of hydrogen-bond donors (Lipinski definition) is 4. The van der Waals surface area contributed by atoms with Crippen LogP contribution in [0.5, 0.6) is 0 Å². The van der Waals surface area contributed by atoms with Crippen LogP contribution in [0.2, 0.25) is 0 Å². The molecular formula is C12H17N5O3S2. The molecule has 3 heterocycles. The predicted molar refractivity (Wildman–Crippen MR) is 86.0 cm³/mol. The highest BCUT2D eigenvalue weighted by atomic mass is 32.2. The average Bonchev–Trinajstić information content (AvgIpc) is 3.00. The van der Waals surface area contributed by atoms with E-state index in [2.05, 4.69) is 15.0 Å². The van der Waals surface area contributed by atoms with Gasteiger partial charge in [0.2, 0.25) is 0 Å². The van der Waals surface area contributed by atoms with Gasteiger partial charge in [-0.3, -0.25) is 4.57 Å². The lowest BCUT2D eigenvalue weighted by molar-refractivity contribution is -0.0288. The van der Waals surface area contributed by atoms with Gasteiger partial charge >= 0.3 is 0 Å². The highest BCUT2D eigenvalue weighted by Crippen LogP contribution is 2.32. The molecule has 0 amide bonds. The summed E-state index contributed by atoms with van der Waals surface area (Å²) >= 11 is 6.76. The molecule has 5 N–H and O–H groups in total. The van der Waals surface area contributed by atoms with Crippen LogP contribution >= 0.6 is 24.0 Å². The lowest BCUT2D eigenvalue weighted by Crippen LogP contribution is -2.32. The number of rotatable bonds is 4. The highest BCUT2D eigenvalue weighted by Gasteiger charge is 2.43. The molecule has 0 aromatic carbocycles. The lowest BCUT2D eigenvalue weighted by Gasteiger charge is -2.16. The Hall–Kier alpha value is -1.20. The second-order valence-corrected chi connectivity index (χ2v) is 6.69. The number of imidazole rings is 1. The second kappa shape index (κ2) is 6.13. The third-order valence-corrected chi connectivity index (χ3v) is 4.82. The molecule has 3 rings (SSSR count). The van der Waals surface area contributed by atoms with Gasteiger partial charge in [-0.2, -0.15) is 11.8 Å². The zero-order valence-corrected chi connectivity index (χ0v) is 13.5. The van der Waals surface area contributed by atoms with Crippen molar-refractivity contribution >= 4 is 41.1 Å². The number of ether oxygens (including phenoxy) is 1. The number of aromatic amines is 1. The van der Waals surface area contributed by atoms with Crippen LogP contribution in [0.25, 0.3) is 11.2 Å². The highest BCUT2D eigenvalue weighted by molar-refractivity contribution is 7.99. The number of nitrogens with zero attached hydrogens (tertiary/aromatic N) is 3. The van der Waals surface area contributed by atoms with E-state index in [0.29, 0.717) is 16.9 Å². The van der Waals surface area contributed by atoms with Crippen LogP contribution in [0.15, 0.2) is 6.33 Å². The number of nitrogens with two attached hydrogens (primary N) is 1. The minimum absolute atomic E-state index is 0.158. The summed E-state index contributed by atoms with van der Waals surface area (Å²) < 4.78 is 7.67. The number of nitrogens with one attached hydrogen (secondary N) is 1. The van der Waals surface area contributed by atoms with E-state index in [1.165, 1.54) is 6.33 Å². The Kier molecular flexibility index (Phi) is 4.37. The minimum atomic E-state index is -1.06. The van der Waals surface area contributed by atoms with Crippen molar-refractivity contribution in [1.82, 2.24) is 19.5 Å². The standard InChI is InChI=1S/C12H17N5O3S2/c1-2-22-3-5-7(18)8(19)11(20-5)17-4-14-6-9(17)15-12(13)16-10(6)21/h4-5,7-8,11,18-19H,2-3H2,1H3,(H3,13,15,16,21)/t5-,7-,8+,11-/m1/s1. The molecule has 0 spiro atoms. The Bertz CT molecular complexity index is 733. The van der Waals surface area contributed by atoms with E-state index >= 15 is 0 Å². The quantitative estimate of drug-likeness (QED) is 0.590. The summed E-state index contributed by atoms with van der Waals surface area (Å²) in [6, 6.07) is 0. The van der Waals surface area contributed by atoms with Crippen molar-refractivity contribution in [3.05, 3.63) is 11.0 Å². The summed E-state index contributed by atoms with van der Waals surface area (Å²) in [5, 5.41) is 20.4. The monoisotopic (exact) mass is 343 g/mol. The first-order chi connectivity index (χ1) is 10.5. The van der Waals surface area contributed by atoms with Crippen LogP contribution in [0, 0.1) is 4.64 Å². The second-order valence-electron chi connectivity index (χ2n) is 4.98. The van der Waals surface area contributed by atoms with Crippen molar-refractivity contribution in [3.8, 4) is 0 Å². The van der Waals surface area contributed by atoms with Gasteiger partial charge in [0.05, 0.1) is 12.4 Å². The smallest absolute Gasteiger partial charge is 0.200 e. The average molecular weight is 343 g/mol. The number of hydrogen-bond acceptors (Lipinski definition) is 8. The van der Waals surface area contributed by atoms with Gasteiger partial charge in [0.15, 0.2) is 16.8 Å². The van der Waals surface area contributed by atoms with E-state index in [1.54, 1.807) is 16.3 Å². The molecule has 2 aromatic heterocycles. The fraction of sp³-hybridized carbons (Fsp3) is 0.583. The molecule has 0 aliphatic carbocycles. The van der Waals surface area contributed by atoms with Gasteiger partial charge in [-0.1, -0.05) is 19.1 Å². The summed E-state index contributed by atoms with van der Waals surface area (Å²) in [6.07, 6.45) is -1.71. The first-order valence-corrected chi connectivity index (χ1v) is 8.41. The molecule has 120 valence electrons. The normalized spacial score (nSPS) is 28.5. The summed E-state index contributed by atoms with van der Waals surface area (Å²) in [6.45, 7) is 2.03. The first-order valence-electron chi connectivity index (χ1n) is 6.84. The number of aliphatic hydroxyl groups excluding tert-OH is 2. The minimum Gasteiger partial charge on any atom is -0.387 e. The third kappa shape index (κ3) is 2.61. The molecule has 0 saturated carbocycles. The number of anilines is 1. The molecule has 10 heteroatoms. The Morgan fingerprint density at radius 3 is 3.00 bits per heavy atom. The summed E-state index contributed by atoms with van der Waals surface area (Å²) in [5.41, 5.74) is 6.66. The molecule has 2 aromatic rings. The van der Waals surface area contributed by atoms with Crippen LogP contribution in [0.4, 0.5) is 5.95 Å². The van der Waals surface area contributed by atoms with E-state index in [9.17, 15) is 10.2 Å². The number of nitrogen functional groups attached to an aromatic ring is 1. The van der Waals surface area contributed by atoms with E-state index in [4.69, 9.17) is 22.7 Å². The van der Waals surface area contributed by atoms with E-state index in [1.807, 2.05) is 6.92 Å². The molecule has 0 radical (unpaired) electrons. The number of fused-ring (bicyclic) bond motifs is 1. The van der Waals surface area contributed by atoms with Gasteiger partial charge in [0, 0.05) is 5.75 Å². The summed E-state index contributed by atoms with van der Waals surface area (Å²) in [7, 11) is 0. The maximum absolute atomic E-state index is 10.3. The van der Waals surface area contributed by atoms with Crippen molar-refractivity contribution in [2.24, 2.45) is 0 Å². The van der Waals surface area contributed by atoms with Crippen LogP contribution in [-0.4, -0.2) is 59.5 Å². The van der Waals surface area contributed by atoms with Crippen LogP contribution < -0.4 is 5.73 Å². The van der Waals surface area contributed by atoms with Gasteiger partial charge in [0.1, 0.15) is 23.4 Å². The Balaban J connectivity index is 1.96. The number of thioether (sulfide) groups is 1. The van der Waals surface area contributed by atoms with E-state index in [0.717, 1.165) is 5.75 Å². The largest absolute Gasteiger partial charge is 0.387 e. The third-order valence-electron chi connectivity index (χ3n) is 3.56. The van der Waals surface area contributed by atoms with E-state index in [-0.39, 0.29) is 10.6 Å². The number of aliphatic hydroxyl groups is 2. The summed E-state index contributed by atoms with van der Waals surface area (Å²) in [4.78, 5) is 11.0. The zero-order chi connectivity index (χ0) is 15.9. The number of H-pyrrole nitrogens is 1. The van der Waals surface area contributed by atoms with Gasteiger partial charge < -0.3 is 25.7 Å². The zero-order valence-electron chi connectivity index (χ0n) is 11.8. The Labute approximate surface area is 135 Å². The van der Waals surface area contributed by atoms with Crippen LogP contribution in [-0.2, 0) is 4.74 Å². The van der Waals surface area contributed by atoms with Crippen LogP contribution in [0.3, 0.4) is 0 Å². The van der Waals surface area contributed by atoms with Crippen molar-refractivity contribution in [2.45, 2.75) is 31.5 Å². The fourth-order valence-electron chi connectivity index (χ4n) is 2.48. The fourth-order valence-corrected chi connectivity index (χ4v) is 3.47. The van der Waals surface area contributed by atoms with Crippen molar-refractivity contribution in [3.63, 3.8) is 0 Å². The van der Waals surface area contributed by atoms with Gasteiger partial charge in [-0.25, -0.2) is 9.97 Å². The molecule has 1 saturated heterocycles. The van der Waals surface area contributed by atoms with E-state index < -0.39 is 24.5 Å². The van der Waals surface area contributed by atoms with Crippen molar-refractivity contribution in [2.75, 3.05) is 17.2 Å². The lowest BCUT2D eigenvalue weighted by atomic mass is 10.1. The molecule has 0 bridgehead atoms. The Morgan fingerprint density at radius 2 is 2.27 bits per heavy atom. The molecule has 1 aliphatic rings. The molecular weight excluding hydrogens is 326 g/mol. The number of aromatic nitrogens is 4. The maximum Gasteiger partial charge on any atom is 0.200 e. The van der Waals surface area contributed by atoms with Gasteiger partial charge in [-0.05, 0) is 5.75 Å². The maximum atomic E-state index is 10.3. The Morgan fingerprint density at radius 1 is 1.50 bits per heavy atom. The first kappa shape index (κ1) is 15.7. The SMILES string of the molecule is CCSC[C@H]1O[C@@H](n2cnc3c(=S)nc(N)[nH]c32)[C@@H](O)[C@@H]1O. The predicted octanol–water partition coefficient (Wildman–Crippen LogP) is 0.443. The topological polar surface area (TPSA) is 122 Å². The van der Waals surface area contributed by atoms with Gasteiger partial charge in [0.25, 0.3) is 0 Å². The molecule has 1 fully saturated rings. The van der Waals surface area contributed by atoms with Crippen molar-refractivity contribution in [1.29, 1.82) is 0 Å². The summed E-state index contributed by atoms with van der Waals surface area (Å²) in [5.74, 6) is 1.68. The molecule has 22 heavy (non-hydrogen) atoms. The van der Waals surface area contributed by atoms with Gasteiger partial charge in [-0.15, -0.1) is 0 Å². The molecule has 0 unspecified atom stereocenters. The van der Waals surface area contributed by atoms with Crippen molar-refractivity contribution < 1.29 is 14.9 Å². The van der Waals surface area contributed by atoms with Crippen LogP contribution in [0.1, 0.15) is 13.2 Å². The molecule has 4 atom stereocenters.